The first-order valence-corrected chi connectivity index (χ1v) is 13.9. The van der Waals surface area contributed by atoms with Crippen molar-refractivity contribution in [2.24, 2.45) is 11.8 Å². The van der Waals surface area contributed by atoms with Crippen LogP contribution in [0.1, 0.15) is 67.7 Å². The number of benzene rings is 2. The summed E-state index contributed by atoms with van der Waals surface area (Å²) in [5.74, 6) is -1.43. The van der Waals surface area contributed by atoms with Crippen molar-refractivity contribution >= 4 is 23.5 Å². The molecule has 9 heteroatoms. The van der Waals surface area contributed by atoms with Crippen LogP contribution in [0, 0.1) is 11.8 Å². The number of amides is 1. The van der Waals surface area contributed by atoms with Gasteiger partial charge in [-0.05, 0) is 92.7 Å². The highest BCUT2D eigenvalue weighted by Gasteiger charge is 2.56. The third kappa shape index (κ3) is 4.94. The van der Waals surface area contributed by atoms with E-state index in [-0.39, 0.29) is 17.9 Å². The van der Waals surface area contributed by atoms with Crippen LogP contribution in [0.5, 0.6) is 0 Å². The van der Waals surface area contributed by atoms with Gasteiger partial charge < -0.3 is 10.0 Å². The number of carboxylic acids is 1. The number of hydrogen-bond acceptors (Lipinski definition) is 2. The number of alkyl halides is 4. The van der Waals surface area contributed by atoms with Crippen molar-refractivity contribution in [3.05, 3.63) is 69.7 Å². The molecule has 1 saturated carbocycles. The predicted molar refractivity (Wildman–Crippen MR) is 139 cm³/mol. The van der Waals surface area contributed by atoms with Crippen LogP contribution in [0.15, 0.2) is 42.5 Å². The standard InChI is InChI=1S/C30H32ClF4NO3/c1-28(32,30(33,34)35)22-10-11-24-21(16-22)9-12-25-29(24,17-18-3-2-4-23(31)15-18)13-14-36(25)26(37)19-5-7-20(8-6-19)27(38)39/h2-4,10-11,15-16,19-20,25H,5-9,12-14,17H2,1H3,(H,38,39)/t19-,20-,25?,28?,29?. The van der Waals surface area contributed by atoms with Gasteiger partial charge in [0.1, 0.15) is 0 Å². The minimum absolute atomic E-state index is 0.0327. The van der Waals surface area contributed by atoms with Gasteiger partial charge in [-0.1, -0.05) is 41.9 Å². The lowest BCUT2D eigenvalue weighted by atomic mass is 9.63. The van der Waals surface area contributed by atoms with Gasteiger partial charge in [0.15, 0.2) is 0 Å². The van der Waals surface area contributed by atoms with Crippen LogP contribution in [-0.4, -0.2) is 40.6 Å². The molecule has 2 aromatic carbocycles. The first-order valence-electron chi connectivity index (χ1n) is 13.5. The van der Waals surface area contributed by atoms with E-state index in [1.165, 1.54) is 12.1 Å². The van der Waals surface area contributed by atoms with Crippen molar-refractivity contribution in [3.8, 4) is 0 Å². The minimum atomic E-state index is -5.03. The summed E-state index contributed by atoms with van der Waals surface area (Å²) in [7, 11) is 0. The van der Waals surface area contributed by atoms with Gasteiger partial charge in [0.2, 0.25) is 11.6 Å². The van der Waals surface area contributed by atoms with Gasteiger partial charge in [-0.15, -0.1) is 0 Å². The lowest BCUT2D eigenvalue weighted by molar-refractivity contribution is -0.228. The van der Waals surface area contributed by atoms with Crippen LogP contribution in [0.2, 0.25) is 5.02 Å². The predicted octanol–water partition coefficient (Wildman–Crippen LogP) is 7.01. The van der Waals surface area contributed by atoms with E-state index in [1.807, 2.05) is 23.1 Å². The summed E-state index contributed by atoms with van der Waals surface area (Å²) in [4.78, 5) is 27.1. The van der Waals surface area contributed by atoms with Crippen LogP contribution in [0.4, 0.5) is 17.6 Å². The summed E-state index contributed by atoms with van der Waals surface area (Å²) >= 11 is 6.28. The Balaban J connectivity index is 1.50. The average Bonchev–Trinajstić information content (AvgIpc) is 3.26. The smallest absolute Gasteiger partial charge is 0.426 e. The molecule has 0 spiro atoms. The van der Waals surface area contributed by atoms with Crippen LogP contribution >= 0.6 is 11.6 Å². The molecule has 0 bridgehead atoms. The third-order valence-corrected chi connectivity index (χ3v) is 9.57. The molecule has 3 unspecified atom stereocenters. The molecular weight excluding hydrogens is 534 g/mol. The van der Waals surface area contributed by atoms with Crippen LogP contribution in [-0.2, 0) is 33.5 Å². The molecule has 1 saturated heterocycles. The lowest BCUT2D eigenvalue weighted by Crippen LogP contribution is -2.51. The molecule has 2 fully saturated rings. The van der Waals surface area contributed by atoms with E-state index in [9.17, 15) is 32.3 Å². The fourth-order valence-corrected chi connectivity index (χ4v) is 7.33. The molecule has 3 atom stereocenters. The van der Waals surface area contributed by atoms with Gasteiger partial charge in [-0.3, -0.25) is 9.59 Å². The molecule has 4 nitrogen and oxygen atoms in total. The first kappa shape index (κ1) is 27.9. The topological polar surface area (TPSA) is 57.6 Å². The number of halogens is 5. The maximum Gasteiger partial charge on any atom is 0.426 e. The van der Waals surface area contributed by atoms with Gasteiger partial charge in [-0.2, -0.15) is 13.2 Å². The van der Waals surface area contributed by atoms with E-state index in [0.717, 1.165) is 11.1 Å². The number of fused-ring (bicyclic) bond motifs is 3. The Morgan fingerprint density at radius 1 is 1.03 bits per heavy atom. The molecular formula is C30H32ClF4NO3. The van der Waals surface area contributed by atoms with Crippen molar-refractivity contribution in [2.75, 3.05) is 6.54 Å². The van der Waals surface area contributed by atoms with Crippen LogP contribution in [0.3, 0.4) is 0 Å². The molecule has 0 radical (unpaired) electrons. The number of nitrogens with zero attached hydrogens (tertiary/aromatic N) is 1. The third-order valence-electron chi connectivity index (χ3n) is 9.33. The highest BCUT2D eigenvalue weighted by atomic mass is 35.5. The van der Waals surface area contributed by atoms with E-state index < -0.39 is 34.7 Å². The average molecular weight is 566 g/mol. The Morgan fingerprint density at radius 3 is 2.36 bits per heavy atom. The number of carbonyl (C=O) groups excluding carboxylic acids is 1. The molecule has 0 aromatic heterocycles. The molecule has 2 aliphatic carbocycles. The normalized spacial score (nSPS) is 28.4. The van der Waals surface area contributed by atoms with Gasteiger partial charge in [0, 0.05) is 28.9 Å². The summed E-state index contributed by atoms with van der Waals surface area (Å²) in [5, 5.41) is 9.91. The second-order valence-electron chi connectivity index (χ2n) is 11.6. The molecule has 1 amide bonds. The number of carboxylic acid groups (broad SMARTS) is 1. The van der Waals surface area contributed by atoms with E-state index >= 15 is 0 Å². The summed E-state index contributed by atoms with van der Waals surface area (Å²) in [6.45, 7) is 1.06. The fraction of sp³-hybridized carbons (Fsp3) is 0.533. The van der Waals surface area contributed by atoms with Crippen molar-refractivity contribution in [1.29, 1.82) is 0 Å². The molecule has 1 heterocycles. The zero-order valence-corrected chi connectivity index (χ0v) is 22.5. The number of carbonyl (C=O) groups is 2. The Labute approximate surface area is 230 Å². The van der Waals surface area contributed by atoms with E-state index in [0.29, 0.717) is 75.4 Å². The maximum atomic E-state index is 14.9. The molecule has 1 aliphatic heterocycles. The van der Waals surface area contributed by atoms with E-state index in [4.69, 9.17) is 11.6 Å². The monoisotopic (exact) mass is 565 g/mol. The second kappa shape index (κ2) is 10.1. The highest BCUT2D eigenvalue weighted by molar-refractivity contribution is 6.30. The molecule has 5 rings (SSSR count). The minimum Gasteiger partial charge on any atom is -0.481 e. The highest BCUT2D eigenvalue weighted by Crippen LogP contribution is 2.51. The van der Waals surface area contributed by atoms with Gasteiger partial charge >= 0.3 is 12.1 Å². The molecule has 3 aliphatic rings. The van der Waals surface area contributed by atoms with Crippen molar-refractivity contribution < 1.29 is 32.3 Å². The van der Waals surface area contributed by atoms with Crippen LogP contribution in [0.25, 0.3) is 0 Å². The zero-order valence-electron chi connectivity index (χ0n) is 21.7. The summed E-state index contributed by atoms with van der Waals surface area (Å²) in [6, 6.07) is 11.5. The van der Waals surface area contributed by atoms with E-state index in [2.05, 4.69) is 0 Å². The molecule has 210 valence electrons. The first-order chi connectivity index (χ1) is 18.3. The molecule has 1 N–H and O–H groups in total. The number of hydrogen-bond donors (Lipinski definition) is 1. The number of aryl methyl sites for hydroxylation is 1. The fourth-order valence-electron chi connectivity index (χ4n) is 7.12. The number of rotatable bonds is 5. The lowest BCUT2D eigenvalue weighted by Gasteiger charge is -2.45. The largest absolute Gasteiger partial charge is 0.481 e. The Hall–Kier alpha value is -2.61. The van der Waals surface area contributed by atoms with E-state index in [1.54, 1.807) is 12.1 Å². The SMILES string of the molecule is CC(F)(c1ccc2c(c1)CCC1N(C(=O)[C@H]3CC[C@H](C(=O)O)CC3)CCC21Cc1cccc(Cl)c1)C(F)(F)F. The van der Waals surface area contributed by atoms with Crippen LogP contribution < -0.4 is 0 Å². The summed E-state index contributed by atoms with van der Waals surface area (Å²) in [6.07, 6.45) is -0.843. The van der Waals surface area contributed by atoms with Crippen molar-refractivity contribution in [1.82, 2.24) is 4.90 Å². The van der Waals surface area contributed by atoms with Gasteiger partial charge in [0.25, 0.3) is 0 Å². The number of likely N-dealkylation sites (tertiary alicyclic amines) is 1. The quantitative estimate of drug-likeness (QED) is 0.397. The van der Waals surface area contributed by atoms with Crippen molar-refractivity contribution in [2.45, 2.75) is 81.6 Å². The van der Waals surface area contributed by atoms with Gasteiger partial charge in [-0.25, -0.2) is 4.39 Å². The molecule has 2 aromatic rings. The van der Waals surface area contributed by atoms with Gasteiger partial charge in [0.05, 0.1) is 5.92 Å². The number of aliphatic carboxylic acids is 1. The Kier molecular flexibility index (Phi) is 7.23. The second-order valence-corrected chi connectivity index (χ2v) is 12.0. The Bertz CT molecular complexity index is 1270. The maximum absolute atomic E-state index is 14.9. The summed E-state index contributed by atoms with van der Waals surface area (Å²) < 4.78 is 55.3. The van der Waals surface area contributed by atoms with Crippen molar-refractivity contribution in [3.63, 3.8) is 0 Å². The Morgan fingerprint density at radius 2 is 1.72 bits per heavy atom. The molecule has 39 heavy (non-hydrogen) atoms. The zero-order chi connectivity index (χ0) is 28.2. The summed E-state index contributed by atoms with van der Waals surface area (Å²) in [5.41, 5.74) is -1.90.